The van der Waals surface area contributed by atoms with E-state index in [0.717, 1.165) is 6.26 Å². The number of hydrogen-bond donors (Lipinski definition) is 0. The third-order valence-electron chi connectivity index (χ3n) is 1.55. The molecule has 1 aromatic carbocycles. The van der Waals surface area contributed by atoms with Gasteiger partial charge in [-0.05, 0) is 12.1 Å². The largest absolute Gasteiger partial charge is 0.450 e. The van der Waals surface area contributed by atoms with Crippen molar-refractivity contribution in [1.29, 1.82) is 0 Å². The van der Waals surface area contributed by atoms with E-state index in [0.29, 0.717) is 5.56 Å². The molecule has 0 saturated heterocycles. The molecule has 0 bridgehead atoms. The molecular weight excluding hydrogens is 196 g/mol. The number of carbonyl (C=O) groups is 2. The molecule has 15 heavy (non-hydrogen) atoms. The fourth-order valence-electron chi connectivity index (χ4n) is 0.909. The smallest absolute Gasteiger partial charge is 0.349 e. The van der Waals surface area contributed by atoms with Crippen LogP contribution in [0.2, 0.25) is 0 Å². The maximum absolute atomic E-state index is 11.3. The lowest BCUT2D eigenvalue weighted by Gasteiger charge is -2.02. The van der Waals surface area contributed by atoms with Gasteiger partial charge in [-0.1, -0.05) is 24.8 Å². The first kappa shape index (κ1) is 11.0. The zero-order valence-corrected chi connectivity index (χ0v) is 8.01. The van der Waals surface area contributed by atoms with Gasteiger partial charge in [0.05, 0.1) is 11.8 Å². The summed E-state index contributed by atoms with van der Waals surface area (Å²) in [6.45, 7) is 2.79. The van der Waals surface area contributed by atoms with Crippen molar-refractivity contribution in [3.05, 3.63) is 48.7 Å². The Kier molecular flexibility index (Phi) is 4.09. The van der Waals surface area contributed by atoms with Gasteiger partial charge >= 0.3 is 11.9 Å². The molecule has 0 aromatic heterocycles. The second-order valence-corrected chi connectivity index (χ2v) is 2.60. The van der Waals surface area contributed by atoms with Crippen molar-refractivity contribution in [3.8, 4) is 0 Å². The first-order valence-corrected chi connectivity index (χ1v) is 4.26. The van der Waals surface area contributed by atoms with Gasteiger partial charge in [-0.25, -0.2) is 9.59 Å². The fourth-order valence-corrected chi connectivity index (χ4v) is 0.909. The van der Waals surface area contributed by atoms with Gasteiger partial charge in [-0.2, -0.15) is 0 Å². The first-order chi connectivity index (χ1) is 7.24. The molecular formula is C11H10O4. The Hall–Kier alpha value is -2.10. The monoisotopic (exact) mass is 206 g/mol. The van der Waals surface area contributed by atoms with Gasteiger partial charge < -0.3 is 9.47 Å². The zero-order valence-electron chi connectivity index (χ0n) is 8.01. The minimum Gasteiger partial charge on any atom is -0.450 e. The van der Waals surface area contributed by atoms with Gasteiger partial charge in [0.25, 0.3) is 0 Å². The summed E-state index contributed by atoms with van der Waals surface area (Å²) in [7, 11) is 0. The molecule has 0 radical (unpaired) electrons. The summed E-state index contributed by atoms with van der Waals surface area (Å²) >= 11 is 0. The highest BCUT2D eigenvalue weighted by atomic mass is 16.6. The summed E-state index contributed by atoms with van der Waals surface area (Å²) in [6.07, 6.45) is 0.985. The lowest BCUT2D eigenvalue weighted by atomic mass is 10.2. The molecule has 0 unspecified atom stereocenters. The van der Waals surface area contributed by atoms with Crippen molar-refractivity contribution in [3.63, 3.8) is 0 Å². The van der Waals surface area contributed by atoms with E-state index >= 15 is 0 Å². The van der Waals surface area contributed by atoms with Crippen LogP contribution >= 0.6 is 0 Å². The van der Waals surface area contributed by atoms with Crippen molar-refractivity contribution in [2.75, 3.05) is 6.61 Å². The van der Waals surface area contributed by atoms with Crippen LogP contribution in [-0.4, -0.2) is 18.5 Å². The molecule has 78 valence electrons. The Morgan fingerprint density at radius 1 is 1.27 bits per heavy atom. The lowest BCUT2D eigenvalue weighted by molar-refractivity contribution is -0.141. The van der Waals surface area contributed by atoms with E-state index in [-0.39, 0.29) is 0 Å². The molecule has 0 aliphatic heterocycles. The Bertz CT molecular complexity index is 356. The van der Waals surface area contributed by atoms with Crippen LogP contribution in [0.15, 0.2) is 43.2 Å². The topological polar surface area (TPSA) is 52.6 Å². The third-order valence-corrected chi connectivity index (χ3v) is 1.55. The Balaban J connectivity index is 2.44. The van der Waals surface area contributed by atoms with Gasteiger partial charge in [0.15, 0.2) is 6.61 Å². The lowest BCUT2D eigenvalue weighted by Crippen LogP contribution is -2.14. The molecule has 0 aliphatic carbocycles. The number of esters is 2. The SMILES string of the molecule is C=COC(=O)COC(=O)c1ccccc1. The van der Waals surface area contributed by atoms with Gasteiger partial charge in [-0.15, -0.1) is 0 Å². The summed E-state index contributed by atoms with van der Waals surface area (Å²) < 4.78 is 9.06. The van der Waals surface area contributed by atoms with Crippen molar-refractivity contribution >= 4 is 11.9 Å². The summed E-state index contributed by atoms with van der Waals surface area (Å²) in [6, 6.07) is 8.39. The first-order valence-electron chi connectivity index (χ1n) is 4.26. The molecule has 0 heterocycles. The number of ether oxygens (including phenoxy) is 2. The molecule has 4 nitrogen and oxygen atoms in total. The van der Waals surface area contributed by atoms with Gasteiger partial charge in [0.2, 0.25) is 0 Å². The van der Waals surface area contributed by atoms with Crippen LogP contribution in [0.4, 0.5) is 0 Å². The van der Waals surface area contributed by atoms with E-state index in [2.05, 4.69) is 16.1 Å². The third kappa shape index (κ3) is 3.64. The van der Waals surface area contributed by atoms with E-state index < -0.39 is 18.5 Å². The molecule has 0 N–H and O–H groups in total. The van der Waals surface area contributed by atoms with Crippen molar-refractivity contribution in [2.45, 2.75) is 0 Å². The molecule has 0 spiro atoms. The van der Waals surface area contributed by atoms with E-state index in [4.69, 9.17) is 0 Å². The van der Waals surface area contributed by atoms with Crippen LogP contribution < -0.4 is 0 Å². The van der Waals surface area contributed by atoms with Crippen LogP contribution in [0, 0.1) is 0 Å². The predicted molar refractivity (Wildman–Crippen MR) is 53.0 cm³/mol. The van der Waals surface area contributed by atoms with Crippen LogP contribution in [0.3, 0.4) is 0 Å². The fraction of sp³-hybridized carbons (Fsp3) is 0.0909. The van der Waals surface area contributed by atoms with Crippen molar-refractivity contribution in [2.24, 2.45) is 0 Å². The minimum absolute atomic E-state index is 0.393. The molecule has 0 atom stereocenters. The highest BCUT2D eigenvalue weighted by Gasteiger charge is 2.09. The number of carbonyl (C=O) groups excluding carboxylic acids is 2. The van der Waals surface area contributed by atoms with E-state index in [1.807, 2.05) is 0 Å². The van der Waals surface area contributed by atoms with Crippen LogP contribution in [-0.2, 0) is 14.3 Å². The minimum atomic E-state index is -0.658. The van der Waals surface area contributed by atoms with Crippen molar-refractivity contribution in [1.82, 2.24) is 0 Å². The number of benzene rings is 1. The maximum atomic E-state index is 11.3. The molecule has 0 amide bonds. The van der Waals surface area contributed by atoms with Gasteiger partial charge in [-0.3, -0.25) is 0 Å². The molecule has 0 aliphatic rings. The molecule has 4 heteroatoms. The second kappa shape index (κ2) is 5.59. The highest BCUT2D eigenvalue weighted by Crippen LogP contribution is 2.00. The van der Waals surface area contributed by atoms with Gasteiger partial charge in [0, 0.05) is 0 Å². The number of rotatable bonds is 4. The van der Waals surface area contributed by atoms with Crippen LogP contribution in [0.1, 0.15) is 10.4 Å². The van der Waals surface area contributed by atoms with Crippen LogP contribution in [0.5, 0.6) is 0 Å². The van der Waals surface area contributed by atoms with E-state index in [1.54, 1.807) is 30.3 Å². The molecule has 0 saturated carbocycles. The standard InChI is InChI=1S/C11H10O4/c1-2-14-10(12)8-15-11(13)9-6-4-3-5-7-9/h2-7H,1,8H2. The summed E-state index contributed by atoms with van der Waals surface area (Å²) in [5.74, 6) is -1.22. The molecule has 1 aromatic rings. The highest BCUT2D eigenvalue weighted by molar-refractivity contribution is 5.90. The number of hydrogen-bond acceptors (Lipinski definition) is 4. The zero-order chi connectivity index (χ0) is 11.1. The van der Waals surface area contributed by atoms with Gasteiger partial charge in [0.1, 0.15) is 0 Å². The second-order valence-electron chi connectivity index (χ2n) is 2.60. The van der Waals surface area contributed by atoms with E-state index in [1.165, 1.54) is 0 Å². The summed E-state index contributed by atoms with van der Waals surface area (Å²) in [4.78, 5) is 22.1. The van der Waals surface area contributed by atoms with E-state index in [9.17, 15) is 9.59 Å². The van der Waals surface area contributed by atoms with Crippen molar-refractivity contribution < 1.29 is 19.1 Å². The Morgan fingerprint density at radius 2 is 1.93 bits per heavy atom. The summed E-state index contributed by atoms with van der Waals surface area (Å²) in [5.41, 5.74) is 0.393. The summed E-state index contributed by atoms with van der Waals surface area (Å²) in [5, 5.41) is 0. The van der Waals surface area contributed by atoms with Crippen LogP contribution in [0.25, 0.3) is 0 Å². The Labute approximate surface area is 87.1 Å². The average molecular weight is 206 g/mol. The quantitative estimate of drug-likeness (QED) is 0.553. The Morgan fingerprint density at radius 3 is 2.53 bits per heavy atom. The average Bonchev–Trinajstić information content (AvgIpc) is 2.27. The maximum Gasteiger partial charge on any atom is 0.349 e. The predicted octanol–water partition coefficient (Wildman–Crippen LogP) is 1.53. The molecule has 0 fully saturated rings. The molecule has 1 rings (SSSR count). The normalized spacial score (nSPS) is 9.07.